The number of halogens is 3. The zero-order chi connectivity index (χ0) is 16.5. The molecule has 0 unspecified atom stereocenters. The zero-order valence-electron chi connectivity index (χ0n) is 11.3. The van der Waals surface area contributed by atoms with Crippen LogP contribution in [-0.4, -0.2) is 33.1 Å². The fraction of sp³-hybridized carbons (Fsp3) is 0.417. The van der Waals surface area contributed by atoms with Crippen molar-refractivity contribution in [3.05, 3.63) is 23.3 Å². The molecule has 10 heteroatoms. The second-order valence-corrected chi connectivity index (χ2v) is 5.79. The van der Waals surface area contributed by atoms with Gasteiger partial charge in [0.05, 0.1) is 18.8 Å². The highest BCUT2D eigenvalue weighted by Crippen LogP contribution is 2.38. The predicted octanol–water partition coefficient (Wildman–Crippen LogP) is 2.03. The van der Waals surface area contributed by atoms with E-state index >= 15 is 0 Å². The van der Waals surface area contributed by atoms with Gasteiger partial charge in [-0.1, -0.05) is 0 Å². The normalized spacial score (nSPS) is 14.2. The summed E-state index contributed by atoms with van der Waals surface area (Å²) < 4.78 is 73.5. The first-order valence-corrected chi connectivity index (χ1v) is 7.54. The van der Waals surface area contributed by atoms with E-state index in [1.807, 2.05) is 0 Å². The number of carbonyl (C=O) groups excluding carboxylic acids is 1. The number of ether oxygens (including phenoxy) is 2. The van der Waals surface area contributed by atoms with Gasteiger partial charge in [-0.15, -0.1) is 0 Å². The van der Waals surface area contributed by atoms with Gasteiger partial charge in [-0.3, -0.25) is 0 Å². The quantitative estimate of drug-likeness (QED) is 0.474. The maximum Gasteiger partial charge on any atom is 0.534 e. The third-order valence-corrected chi connectivity index (χ3v) is 3.74. The van der Waals surface area contributed by atoms with Gasteiger partial charge in [-0.2, -0.15) is 21.6 Å². The van der Waals surface area contributed by atoms with E-state index < -0.39 is 27.3 Å². The molecule has 1 aliphatic rings. The summed E-state index contributed by atoms with van der Waals surface area (Å²) in [6, 6.07) is 2.17. The Bertz CT molecular complexity index is 696. The standard InChI is InChI=1S/C12H11F3O6S/c1-2-19-11(16)7-5-9-8(3-4-20-9)10(6-7)21-22(17,18)12(13,14)15/h5-6H,2-4H2,1H3. The van der Waals surface area contributed by atoms with Crippen LogP contribution in [0.4, 0.5) is 13.2 Å². The minimum Gasteiger partial charge on any atom is -0.493 e. The van der Waals surface area contributed by atoms with Gasteiger partial charge in [0.15, 0.2) is 5.75 Å². The average molecular weight is 340 g/mol. The zero-order valence-corrected chi connectivity index (χ0v) is 12.1. The second-order valence-electron chi connectivity index (χ2n) is 4.25. The molecule has 1 heterocycles. The highest BCUT2D eigenvalue weighted by molar-refractivity contribution is 7.88. The van der Waals surface area contributed by atoms with E-state index in [2.05, 4.69) is 4.18 Å². The number of carbonyl (C=O) groups is 1. The SMILES string of the molecule is CCOC(=O)c1cc2c(c(OS(=O)(=O)C(F)(F)F)c1)CCO2. The number of hydrogen-bond acceptors (Lipinski definition) is 6. The average Bonchev–Trinajstić information content (AvgIpc) is 2.85. The summed E-state index contributed by atoms with van der Waals surface area (Å²) >= 11 is 0. The van der Waals surface area contributed by atoms with Crippen LogP contribution in [0.15, 0.2) is 12.1 Å². The van der Waals surface area contributed by atoms with Crippen LogP contribution >= 0.6 is 0 Å². The first-order chi connectivity index (χ1) is 10.2. The monoisotopic (exact) mass is 340 g/mol. The van der Waals surface area contributed by atoms with Gasteiger partial charge in [-0.25, -0.2) is 4.79 Å². The van der Waals surface area contributed by atoms with Crippen molar-refractivity contribution in [2.45, 2.75) is 18.9 Å². The number of alkyl halides is 3. The third kappa shape index (κ3) is 3.11. The van der Waals surface area contributed by atoms with Crippen LogP contribution in [0.5, 0.6) is 11.5 Å². The Balaban J connectivity index is 2.45. The fourth-order valence-electron chi connectivity index (χ4n) is 1.83. The van der Waals surface area contributed by atoms with Gasteiger partial charge in [-0.05, 0) is 19.1 Å². The highest BCUT2D eigenvalue weighted by Gasteiger charge is 2.49. The maximum absolute atomic E-state index is 12.4. The molecule has 1 aromatic carbocycles. The smallest absolute Gasteiger partial charge is 0.493 e. The lowest BCUT2D eigenvalue weighted by Crippen LogP contribution is -2.28. The molecule has 6 nitrogen and oxygen atoms in total. The molecule has 2 rings (SSSR count). The van der Waals surface area contributed by atoms with Crippen molar-refractivity contribution >= 4 is 16.1 Å². The Labute approximate surface area is 123 Å². The molecule has 0 radical (unpaired) electrons. The van der Waals surface area contributed by atoms with Gasteiger partial charge < -0.3 is 13.7 Å². The van der Waals surface area contributed by atoms with Crippen LogP contribution in [0.3, 0.4) is 0 Å². The van der Waals surface area contributed by atoms with Crippen molar-refractivity contribution in [3.63, 3.8) is 0 Å². The van der Waals surface area contributed by atoms with E-state index in [4.69, 9.17) is 9.47 Å². The molecule has 0 spiro atoms. The Morgan fingerprint density at radius 2 is 2.05 bits per heavy atom. The first-order valence-electron chi connectivity index (χ1n) is 6.13. The van der Waals surface area contributed by atoms with Crippen molar-refractivity contribution in [3.8, 4) is 11.5 Å². The molecule has 0 N–H and O–H groups in total. The first kappa shape index (κ1) is 16.4. The summed E-state index contributed by atoms with van der Waals surface area (Å²) in [6.07, 6.45) is 0.168. The maximum atomic E-state index is 12.4. The lowest BCUT2D eigenvalue weighted by atomic mass is 10.1. The summed E-state index contributed by atoms with van der Waals surface area (Å²) in [7, 11) is -5.83. The Morgan fingerprint density at radius 3 is 2.64 bits per heavy atom. The number of fused-ring (bicyclic) bond motifs is 1. The number of rotatable bonds is 4. The largest absolute Gasteiger partial charge is 0.534 e. The van der Waals surface area contributed by atoms with E-state index in [1.54, 1.807) is 6.92 Å². The van der Waals surface area contributed by atoms with E-state index in [-0.39, 0.29) is 36.5 Å². The van der Waals surface area contributed by atoms with Crippen molar-refractivity contribution in [2.24, 2.45) is 0 Å². The minimum absolute atomic E-state index is 0.0494. The van der Waals surface area contributed by atoms with Gasteiger partial charge in [0.2, 0.25) is 0 Å². The van der Waals surface area contributed by atoms with Crippen LogP contribution in [0, 0.1) is 0 Å². The molecular weight excluding hydrogens is 329 g/mol. The molecule has 0 saturated heterocycles. The molecule has 1 aromatic rings. The Hall–Kier alpha value is -1.97. The summed E-state index contributed by atoms with van der Waals surface area (Å²) in [6.45, 7) is 1.74. The Morgan fingerprint density at radius 1 is 1.36 bits per heavy atom. The molecule has 22 heavy (non-hydrogen) atoms. The van der Waals surface area contributed by atoms with Crippen molar-refractivity contribution in [2.75, 3.05) is 13.2 Å². The van der Waals surface area contributed by atoms with Crippen molar-refractivity contribution in [1.29, 1.82) is 0 Å². The van der Waals surface area contributed by atoms with Crippen molar-refractivity contribution < 1.29 is 40.0 Å². The van der Waals surface area contributed by atoms with E-state index in [9.17, 15) is 26.4 Å². The van der Waals surface area contributed by atoms with Crippen LogP contribution in [-0.2, 0) is 21.3 Å². The van der Waals surface area contributed by atoms with Crippen LogP contribution < -0.4 is 8.92 Å². The van der Waals surface area contributed by atoms with Crippen LogP contribution in [0.2, 0.25) is 0 Å². The van der Waals surface area contributed by atoms with E-state index in [1.165, 1.54) is 6.07 Å². The van der Waals surface area contributed by atoms with E-state index in [0.717, 1.165) is 6.07 Å². The summed E-state index contributed by atoms with van der Waals surface area (Å²) in [5.74, 6) is -1.32. The fourth-order valence-corrected chi connectivity index (χ4v) is 2.31. The number of hydrogen-bond donors (Lipinski definition) is 0. The number of benzene rings is 1. The molecular formula is C12H11F3O6S. The van der Waals surface area contributed by atoms with Crippen molar-refractivity contribution in [1.82, 2.24) is 0 Å². The lowest BCUT2D eigenvalue weighted by molar-refractivity contribution is -0.0500. The Kier molecular flexibility index (Phi) is 4.23. The van der Waals surface area contributed by atoms with Crippen LogP contribution in [0.1, 0.15) is 22.8 Å². The molecule has 0 bridgehead atoms. The van der Waals surface area contributed by atoms with E-state index in [0.29, 0.717) is 0 Å². The third-order valence-electron chi connectivity index (χ3n) is 2.77. The van der Waals surface area contributed by atoms with Gasteiger partial charge in [0.1, 0.15) is 5.75 Å². The second kappa shape index (κ2) is 5.67. The van der Waals surface area contributed by atoms with Gasteiger partial charge in [0, 0.05) is 12.0 Å². The highest BCUT2D eigenvalue weighted by atomic mass is 32.2. The van der Waals surface area contributed by atoms with Crippen LogP contribution in [0.25, 0.3) is 0 Å². The lowest BCUT2D eigenvalue weighted by Gasteiger charge is -2.13. The minimum atomic E-state index is -5.83. The summed E-state index contributed by atoms with van der Waals surface area (Å²) in [5, 5.41) is 0. The predicted molar refractivity (Wildman–Crippen MR) is 67.2 cm³/mol. The molecule has 122 valence electrons. The molecule has 1 aliphatic heterocycles. The number of esters is 1. The topological polar surface area (TPSA) is 78.9 Å². The molecule has 0 aromatic heterocycles. The molecule has 0 saturated carbocycles. The van der Waals surface area contributed by atoms with Gasteiger partial charge >= 0.3 is 21.6 Å². The summed E-state index contributed by atoms with van der Waals surface area (Å²) in [4.78, 5) is 11.7. The molecule has 0 amide bonds. The van der Waals surface area contributed by atoms with Gasteiger partial charge in [0.25, 0.3) is 0 Å². The molecule has 0 atom stereocenters. The molecule has 0 fully saturated rings. The molecule has 0 aliphatic carbocycles. The summed E-state index contributed by atoms with van der Waals surface area (Å²) in [5.41, 5.74) is -5.57.